The topological polar surface area (TPSA) is 62.5 Å². The van der Waals surface area contributed by atoms with Gasteiger partial charge in [-0.15, -0.1) is 10.2 Å². The molecule has 1 amide bonds. The first-order valence-corrected chi connectivity index (χ1v) is 8.89. The fraction of sp³-hybridized carbons (Fsp3) is 0.824. The molecule has 6 heteroatoms. The smallest absolute Gasteiger partial charge is 0.230 e. The first kappa shape index (κ1) is 16.4. The van der Waals surface area contributed by atoms with Crippen molar-refractivity contribution in [1.29, 1.82) is 0 Å². The molecular weight excluding hydrogens is 292 g/mol. The minimum absolute atomic E-state index is 0.259. The Hall–Kier alpha value is -1.43. The molecule has 0 N–H and O–H groups in total. The van der Waals surface area contributed by atoms with Crippen molar-refractivity contribution in [3.63, 3.8) is 0 Å². The summed E-state index contributed by atoms with van der Waals surface area (Å²) in [7, 11) is 0. The summed E-state index contributed by atoms with van der Waals surface area (Å²) >= 11 is 0. The summed E-state index contributed by atoms with van der Waals surface area (Å²) < 4.78 is 5.52. The number of rotatable bonds is 5. The van der Waals surface area contributed by atoms with E-state index in [2.05, 4.69) is 26.9 Å². The molecule has 128 valence electrons. The van der Waals surface area contributed by atoms with Gasteiger partial charge in [0.2, 0.25) is 17.7 Å². The van der Waals surface area contributed by atoms with Gasteiger partial charge in [0.25, 0.3) is 0 Å². The molecule has 23 heavy (non-hydrogen) atoms. The van der Waals surface area contributed by atoms with Crippen LogP contribution in [0.1, 0.15) is 57.2 Å². The molecule has 0 bridgehead atoms. The number of hydrogen-bond donors (Lipinski definition) is 0. The molecule has 0 aliphatic carbocycles. The maximum atomic E-state index is 12.2. The highest BCUT2D eigenvalue weighted by atomic mass is 16.4. The number of aromatic nitrogens is 2. The standard InChI is InChI=1S/C17H28N4O2/c1-3-4-10-21-13-17(8-6-16(21)22)7-5-9-20(12-17)11-15-19-18-14(2)23-15/h3-13H2,1-2H3/t17-/m1/s1. The van der Waals surface area contributed by atoms with Gasteiger partial charge in [-0.25, -0.2) is 0 Å². The SMILES string of the molecule is CCCCN1C[C@]2(CCCN(Cc3nnc(C)o3)C2)CCC1=O. The van der Waals surface area contributed by atoms with Gasteiger partial charge < -0.3 is 9.32 Å². The molecule has 2 aliphatic rings. The van der Waals surface area contributed by atoms with Gasteiger partial charge in [0.05, 0.1) is 6.54 Å². The van der Waals surface area contributed by atoms with E-state index in [0.717, 1.165) is 52.0 Å². The number of likely N-dealkylation sites (tertiary alicyclic amines) is 2. The Morgan fingerprint density at radius 2 is 2.13 bits per heavy atom. The molecule has 3 heterocycles. The van der Waals surface area contributed by atoms with E-state index in [0.29, 0.717) is 24.1 Å². The van der Waals surface area contributed by atoms with Gasteiger partial charge in [-0.1, -0.05) is 13.3 Å². The van der Waals surface area contributed by atoms with E-state index in [-0.39, 0.29) is 5.41 Å². The average Bonchev–Trinajstić information content (AvgIpc) is 2.94. The highest BCUT2D eigenvalue weighted by Crippen LogP contribution is 2.39. The van der Waals surface area contributed by atoms with Crippen molar-refractivity contribution in [3.05, 3.63) is 11.8 Å². The third-order valence-corrected chi connectivity index (χ3v) is 5.20. The largest absolute Gasteiger partial charge is 0.424 e. The van der Waals surface area contributed by atoms with E-state index in [4.69, 9.17) is 4.42 Å². The van der Waals surface area contributed by atoms with Crippen LogP contribution in [0.4, 0.5) is 0 Å². The van der Waals surface area contributed by atoms with E-state index >= 15 is 0 Å². The van der Waals surface area contributed by atoms with E-state index in [9.17, 15) is 4.79 Å². The summed E-state index contributed by atoms with van der Waals surface area (Å²) in [6.07, 6.45) is 6.38. The van der Waals surface area contributed by atoms with Crippen molar-refractivity contribution >= 4 is 5.91 Å². The third kappa shape index (κ3) is 3.91. The third-order valence-electron chi connectivity index (χ3n) is 5.20. The summed E-state index contributed by atoms with van der Waals surface area (Å²) in [5.74, 6) is 1.67. The van der Waals surface area contributed by atoms with Crippen LogP contribution in [0.5, 0.6) is 0 Å². The summed E-state index contributed by atoms with van der Waals surface area (Å²) in [6, 6.07) is 0. The van der Waals surface area contributed by atoms with Gasteiger partial charge >= 0.3 is 0 Å². The summed E-state index contributed by atoms with van der Waals surface area (Å²) in [5, 5.41) is 8.03. The molecule has 3 rings (SSSR count). The van der Waals surface area contributed by atoms with Crippen molar-refractivity contribution in [2.75, 3.05) is 26.2 Å². The molecule has 2 saturated heterocycles. The normalized spacial score (nSPS) is 26.2. The maximum Gasteiger partial charge on any atom is 0.230 e. The number of aryl methyl sites for hydroxylation is 1. The number of piperidine rings is 2. The fourth-order valence-electron chi connectivity index (χ4n) is 4.03. The monoisotopic (exact) mass is 320 g/mol. The molecule has 0 saturated carbocycles. The second-order valence-corrected chi connectivity index (χ2v) is 7.20. The second-order valence-electron chi connectivity index (χ2n) is 7.20. The van der Waals surface area contributed by atoms with Crippen LogP contribution in [-0.2, 0) is 11.3 Å². The van der Waals surface area contributed by atoms with Crippen LogP contribution >= 0.6 is 0 Å². The highest BCUT2D eigenvalue weighted by Gasteiger charge is 2.41. The van der Waals surface area contributed by atoms with Gasteiger partial charge in [0.15, 0.2) is 0 Å². The van der Waals surface area contributed by atoms with Crippen molar-refractivity contribution < 1.29 is 9.21 Å². The first-order chi connectivity index (χ1) is 11.1. The van der Waals surface area contributed by atoms with Gasteiger partial charge in [-0.2, -0.15) is 0 Å². The van der Waals surface area contributed by atoms with Gasteiger partial charge in [-0.3, -0.25) is 9.69 Å². The highest BCUT2D eigenvalue weighted by molar-refractivity contribution is 5.77. The average molecular weight is 320 g/mol. The van der Waals surface area contributed by atoms with Crippen molar-refractivity contribution in [3.8, 4) is 0 Å². The van der Waals surface area contributed by atoms with Crippen LogP contribution in [0.2, 0.25) is 0 Å². The van der Waals surface area contributed by atoms with Crippen LogP contribution in [0.3, 0.4) is 0 Å². The zero-order valence-electron chi connectivity index (χ0n) is 14.4. The summed E-state index contributed by atoms with van der Waals surface area (Å²) in [5.41, 5.74) is 0.259. The van der Waals surface area contributed by atoms with E-state index < -0.39 is 0 Å². The maximum absolute atomic E-state index is 12.2. The number of nitrogens with zero attached hydrogens (tertiary/aromatic N) is 4. The summed E-state index contributed by atoms with van der Waals surface area (Å²) in [6.45, 7) is 8.68. The zero-order valence-corrected chi connectivity index (χ0v) is 14.4. The lowest BCUT2D eigenvalue weighted by atomic mass is 9.73. The van der Waals surface area contributed by atoms with Gasteiger partial charge in [-0.05, 0) is 32.2 Å². The lowest BCUT2D eigenvalue weighted by molar-refractivity contribution is -0.139. The Morgan fingerprint density at radius 1 is 1.26 bits per heavy atom. The second kappa shape index (κ2) is 6.99. The molecule has 2 aliphatic heterocycles. The molecular formula is C17H28N4O2. The van der Waals surface area contributed by atoms with E-state index in [1.165, 1.54) is 12.8 Å². The molecule has 1 aromatic rings. The van der Waals surface area contributed by atoms with Gasteiger partial charge in [0.1, 0.15) is 0 Å². The minimum atomic E-state index is 0.259. The molecule has 1 spiro atoms. The molecule has 2 fully saturated rings. The fourth-order valence-corrected chi connectivity index (χ4v) is 4.03. The Kier molecular flexibility index (Phi) is 4.99. The van der Waals surface area contributed by atoms with E-state index in [1.807, 2.05) is 6.92 Å². The predicted molar refractivity (Wildman–Crippen MR) is 86.7 cm³/mol. The van der Waals surface area contributed by atoms with Crippen LogP contribution in [0, 0.1) is 12.3 Å². The lowest BCUT2D eigenvalue weighted by Crippen LogP contribution is -2.53. The Bertz CT molecular complexity index is 544. The zero-order chi connectivity index (χ0) is 16.3. The van der Waals surface area contributed by atoms with Crippen LogP contribution in [-0.4, -0.2) is 52.1 Å². The lowest BCUT2D eigenvalue weighted by Gasteiger charge is -2.48. The van der Waals surface area contributed by atoms with Crippen molar-refractivity contribution in [2.24, 2.45) is 5.41 Å². The van der Waals surface area contributed by atoms with Crippen LogP contribution in [0.25, 0.3) is 0 Å². The molecule has 0 aromatic carbocycles. The summed E-state index contributed by atoms with van der Waals surface area (Å²) in [4.78, 5) is 16.7. The van der Waals surface area contributed by atoms with E-state index in [1.54, 1.807) is 0 Å². The van der Waals surface area contributed by atoms with Crippen LogP contribution < -0.4 is 0 Å². The quantitative estimate of drug-likeness (QED) is 0.833. The number of hydrogen-bond acceptors (Lipinski definition) is 5. The molecule has 0 unspecified atom stereocenters. The molecule has 0 radical (unpaired) electrons. The number of amides is 1. The number of carbonyl (C=O) groups is 1. The van der Waals surface area contributed by atoms with Gasteiger partial charge in [0, 0.05) is 38.4 Å². The Morgan fingerprint density at radius 3 is 2.87 bits per heavy atom. The van der Waals surface area contributed by atoms with Crippen LogP contribution in [0.15, 0.2) is 4.42 Å². The molecule has 1 aromatic heterocycles. The van der Waals surface area contributed by atoms with Crippen molar-refractivity contribution in [2.45, 2.75) is 58.9 Å². The Balaban J connectivity index is 1.63. The predicted octanol–water partition coefficient (Wildman–Crippen LogP) is 2.38. The number of unbranched alkanes of at least 4 members (excludes halogenated alkanes) is 1. The van der Waals surface area contributed by atoms with Crippen molar-refractivity contribution in [1.82, 2.24) is 20.0 Å². The minimum Gasteiger partial charge on any atom is -0.424 e. The molecule has 1 atom stereocenters. The Labute approximate surface area is 138 Å². The first-order valence-electron chi connectivity index (χ1n) is 8.89. The number of carbonyl (C=O) groups excluding carboxylic acids is 1. The molecule has 6 nitrogen and oxygen atoms in total.